The van der Waals surface area contributed by atoms with Crippen LogP contribution < -0.4 is 16.6 Å². The number of anilines is 1. The van der Waals surface area contributed by atoms with Crippen molar-refractivity contribution in [2.24, 2.45) is 5.73 Å². The Morgan fingerprint density at radius 3 is 2.78 bits per heavy atom. The summed E-state index contributed by atoms with van der Waals surface area (Å²) in [6.45, 7) is 0. The minimum absolute atomic E-state index is 0.194. The summed E-state index contributed by atoms with van der Waals surface area (Å²) in [5.74, 6) is -1.08. The quantitative estimate of drug-likeness (QED) is 0.457. The lowest BCUT2D eigenvalue weighted by molar-refractivity contribution is 0.0998. The van der Waals surface area contributed by atoms with Crippen LogP contribution >= 0.6 is 15.9 Å². The molecule has 0 aliphatic rings. The maximum Gasteiger partial charge on any atom is 0.261 e. The molecule has 134 valence electrons. The lowest BCUT2D eigenvalue weighted by atomic mass is 10.1. The van der Waals surface area contributed by atoms with Gasteiger partial charge < -0.3 is 16.0 Å². The summed E-state index contributed by atoms with van der Waals surface area (Å²) in [6.07, 6.45) is 5.92. The molecule has 3 aromatic heterocycles. The number of aromatic nitrogens is 4. The Hall–Kier alpha value is -3.53. The van der Waals surface area contributed by atoms with E-state index in [1.807, 2.05) is 0 Å². The van der Waals surface area contributed by atoms with Crippen LogP contribution in [0.4, 0.5) is 5.69 Å². The molecule has 4 rings (SSSR count). The van der Waals surface area contributed by atoms with Crippen molar-refractivity contribution in [1.29, 1.82) is 0 Å². The van der Waals surface area contributed by atoms with E-state index in [4.69, 9.17) is 5.73 Å². The minimum atomic E-state index is -0.656. The second kappa shape index (κ2) is 6.32. The van der Waals surface area contributed by atoms with Crippen LogP contribution in [0, 0.1) is 0 Å². The van der Waals surface area contributed by atoms with Crippen LogP contribution in [0.3, 0.4) is 0 Å². The Bertz CT molecular complexity index is 1290. The van der Waals surface area contributed by atoms with Crippen LogP contribution in [-0.2, 0) is 0 Å². The molecule has 1 aromatic carbocycles. The van der Waals surface area contributed by atoms with Gasteiger partial charge in [-0.3, -0.25) is 14.4 Å². The standard InChI is InChI=1S/C17H11BrN6O3/c18-8-4-20-15-13(6-22-24(15)7-8)17(27)23-9-1-2-10-11(3-9)16(26)21-5-12(10)14(19)25/h1-7H,(H2,19,25)(H,21,26)(H,23,27). The number of nitrogens with two attached hydrogens (primary N) is 1. The molecule has 0 radical (unpaired) electrons. The minimum Gasteiger partial charge on any atom is -0.366 e. The Morgan fingerprint density at radius 2 is 2.00 bits per heavy atom. The van der Waals surface area contributed by atoms with Crippen LogP contribution in [0.15, 0.2) is 52.3 Å². The van der Waals surface area contributed by atoms with Gasteiger partial charge in [0, 0.05) is 35.1 Å². The summed E-state index contributed by atoms with van der Waals surface area (Å²) in [7, 11) is 0. The maximum atomic E-state index is 12.6. The predicted octanol–water partition coefficient (Wildman–Crippen LogP) is 1.68. The summed E-state index contributed by atoms with van der Waals surface area (Å²) >= 11 is 3.29. The number of fused-ring (bicyclic) bond motifs is 2. The molecular weight excluding hydrogens is 416 g/mol. The van der Waals surface area contributed by atoms with E-state index in [1.54, 1.807) is 24.5 Å². The average molecular weight is 427 g/mol. The second-order valence-electron chi connectivity index (χ2n) is 5.71. The van der Waals surface area contributed by atoms with Gasteiger partial charge in [0.25, 0.3) is 17.4 Å². The number of nitrogens with zero attached hydrogens (tertiary/aromatic N) is 3. The molecule has 4 N–H and O–H groups in total. The predicted molar refractivity (Wildman–Crippen MR) is 102 cm³/mol. The first-order valence-corrected chi connectivity index (χ1v) is 8.49. The van der Waals surface area contributed by atoms with E-state index in [0.717, 1.165) is 4.47 Å². The molecule has 0 bridgehead atoms. The number of primary amides is 1. The fraction of sp³-hybridized carbons (Fsp3) is 0. The van der Waals surface area contributed by atoms with Gasteiger partial charge >= 0.3 is 0 Å². The first kappa shape index (κ1) is 16.9. The highest BCUT2D eigenvalue weighted by molar-refractivity contribution is 9.10. The SMILES string of the molecule is NC(=O)c1c[nH]c(=O)c2cc(NC(=O)c3cnn4cc(Br)cnc34)ccc12. The summed E-state index contributed by atoms with van der Waals surface area (Å²) in [5.41, 5.74) is 6.18. The molecule has 0 saturated heterocycles. The Balaban J connectivity index is 1.72. The summed E-state index contributed by atoms with van der Waals surface area (Å²) in [6, 6.07) is 4.63. The number of halogens is 1. The highest BCUT2D eigenvalue weighted by Crippen LogP contribution is 2.20. The van der Waals surface area contributed by atoms with Gasteiger partial charge in [0.2, 0.25) is 0 Å². The molecule has 0 atom stereocenters. The van der Waals surface area contributed by atoms with E-state index in [1.165, 1.54) is 23.0 Å². The molecule has 0 saturated carbocycles. The van der Waals surface area contributed by atoms with Crippen molar-refractivity contribution in [3.8, 4) is 0 Å². The number of carbonyl (C=O) groups excluding carboxylic acids is 2. The van der Waals surface area contributed by atoms with Crippen LogP contribution in [0.2, 0.25) is 0 Å². The largest absolute Gasteiger partial charge is 0.366 e. The van der Waals surface area contributed by atoms with Crippen molar-refractivity contribution < 1.29 is 9.59 Å². The molecule has 0 fully saturated rings. The lowest BCUT2D eigenvalue weighted by Gasteiger charge is -2.07. The fourth-order valence-corrected chi connectivity index (χ4v) is 3.05. The molecule has 0 aliphatic heterocycles. The number of aromatic amines is 1. The van der Waals surface area contributed by atoms with Gasteiger partial charge in [0.05, 0.1) is 16.2 Å². The topological polar surface area (TPSA) is 135 Å². The summed E-state index contributed by atoms with van der Waals surface area (Å²) in [5, 5.41) is 7.45. The molecule has 3 heterocycles. The average Bonchev–Trinajstić information content (AvgIpc) is 3.05. The summed E-state index contributed by atoms with van der Waals surface area (Å²) < 4.78 is 2.20. The van der Waals surface area contributed by atoms with E-state index in [-0.39, 0.29) is 16.5 Å². The van der Waals surface area contributed by atoms with Gasteiger partial charge in [0.1, 0.15) is 5.56 Å². The Morgan fingerprint density at radius 1 is 1.19 bits per heavy atom. The van der Waals surface area contributed by atoms with E-state index in [2.05, 4.69) is 36.3 Å². The van der Waals surface area contributed by atoms with Crippen LogP contribution in [0.25, 0.3) is 16.4 Å². The van der Waals surface area contributed by atoms with Gasteiger partial charge in [-0.05, 0) is 28.1 Å². The molecule has 10 heteroatoms. The van der Waals surface area contributed by atoms with E-state index >= 15 is 0 Å². The third-order valence-electron chi connectivity index (χ3n) is 3.99. The summed E-state index contributed by atoms with van der Waals surface area (Å²) in [4.78, 5) is 42.8. The number of hydrogen-bond donors (Lipinski definition) is 3. The van der Waals surface area contributed by atoms with Crippen LogP contribution in [0.5, 0.6) is 0 Å². The fourth-order valence-electron chi connectivity index (χ4n) is 2.75. The van der Waals surface area contributed by atoms with E-state index in [9.17, 15) is 14.4 Å². The van der Waals surface area contributed by atoms with Gasteiger partial charge in [-0.15, -0.1) is 0 Å². The number of pyridine rings is 1. The normalized spacial score (nSPS) is 11.0. The van der Waals surface area contributed by atoms with Gasteiger partial charge in [0.15, 0.2) is 5.65 Å². The Kier molecular flexibility index (Phi) is 3.96. The highest BCUT2D eigenvalue weighted by atomic mass is 79.9. The number of H-pyrrole nitrogens is 1. The molecule has 2 amide bonds. The molecule has 0 aliphatic carbocycles. The lowest BCUT2D eigenvalue weighted by Crippen LogP contribution is -2.17. The molecule has 0 unspecified atom stereocenters. The molecular formula is C17H11BrN6O3. The smallest absolute Gasteiger partial charge is 0.261 e. The van der Waals surface area contributed by atoms with E-state index in [0.29, 0.717) is 16.7 Å². The Labute approximate surface area is 159 Å². The number of amides is 2. The zero-order chi connectivity index (χ0) is 19.1. The van der Waals surface area contributed by atoms with E-state index < -0.39 is 17.4 Å². The molecule has 9 nitrogen and oxygen atoms in total. The van der Waals surface area contributed by atoms with Crippen molar-refractivity contribution in [1.82, 2.24) is 19.6 Å². The second-order valence-corrected chi connectivity index (χ2v) is 6.62. The molecule has 4 aromatic rings. The van der Waals surface area contributed by atoms with Crippen molar-refractivity contribution in [3.63, 3.8) is 0 Å². The third-order valence-corrected chi connectivity index (χ3v) is 4.40. The van der Waals surface area contributed by atoms with Crippen molar-refractivity contribution in [2.75, 3.05) is 5.32 Å². The number of nitrogens with one attached hydrogen (secondary N) is 2. The monoisotopic (exact) mass is 426 g/mol. The zero-order valence-electron chi connectivity index (χ0n) is 13.6. The first-order valence-electron chi connectivity index (χ1n) is 7.69. The highest BCUT2D eigenvalue weighted by Gasteiger charge is 2.16. The number of hydrogen-bond acceptors (Lipinski definition) is 5. The first-order chi connectivity index (χ1) is 12.9. The van der Waals surface area contributed by atoms with Crippen molar-refractivity contribution in [3.05, 3.63) is 68.9 Å². The van der Waals surface area contributed by atoms with Crippen LogP contribution in [0.1, 0.15) is 20.7 Å². The number of rotatable bonds is 3. The van der Waals surface area contributed by atoms with Gasteiger partial charge in [-0.1, -0.05) is 6.07 Å². The van der Waals surface area contributed by atoms with Crippen LogP contribution in [-0.4, -0.2) is 31.4 Å². The maximum absolute atomic E-state index is 12.6. The van der Waals surface area contributed by atoms with Crippen molar-refractivity contribution in [2.45, 2.75) is 0 Å². The third kappa shape index (κ3) is 2.95. The van der Waals surface area contributed by atoms with Gasteiger partial charge in [-0.2, -0.15) is 5.10 Å². The van der Waals surface area contributed by atoms with Gasteiger partial charge in [-0.25, -0.2) is 9.50 Å². The number of carbonyl (C=O) groups is 2. The van der Waals surface area contributed by atoms with Crippen molar-refractivity contribution >= 4 is 49.9 Å². The molecule has 0 spiro atoms. The number of benzene rings is 1. The zero-order valence-corrected chi connectivity index (χ0v) is 15.1. The molecule has 27 heavy (non-hydrogen) atoms.